The highest BCUT2D eigenvalue weighted by molar-refractivity contribution is 5.25. The van der Waals surface area contributed by atoms with Crippen LogP contribution in [0.2, 0.25) is 0 Å². The molecule has 2 saturated carbocycles. The lowest BCUT2D eigenvalue weighted by molar-refractivity contribution is 0.155. The molecule has 158 valence electrons. The molecule has 0 bridgehead atoms. The van der Waals surface area contributed by atoms with E-state index in [9.17, 15) is 4.39 Å². The van der Waals surface area contributed by atoms with Gasteiger partial charge in [-0.05, 0) is 68.8 Å². The molecule has 2 unspecified atom stereocenters. The van der Waals surface area contributed by atoms with E-state index in [1.165, 1.54) is 31.8 Å². The van der Waals surface area contributed by atoms with Gasteiger partial charge in [-0.25, -0.2) is 4.39 Å². The van der Waals surface area contributed by atoms with E-state index in [1.54, 1.807) is 31.8 Å². The average molecular weight is 381 g/mol. The Hall–Kier alpha value is -0.790. The number of allylic oxidation sites excluding steroid dienone is 4. The van der Waals surface area contributed by atoms with E-state index in [2.05, 4.69) is 13.8 Å². The highest BCUT2D eigenvalue weighted by Gasteiger charge is 2.28. The van der Waals surface area contributed by atoms with Gasteiger partial charge in [-0.1, -0.05) is 72.0 Å². The molecule has 0 aromatic heterocycles. The van der Waals surface area contributed by atoms with Crippen molar-refractivity contribution in [1.29, 1.82) is 0 Å². The Kier molecular flexibility index (Phi) is 11.3. The van der Waals surface area contributed by atoms with Crippen LogP contribution in [0.3, 0.4) is 0 Å². The van der Waals surface area contributed by atoms with Crippen molar-refractivity contribution in [2.45, 2.75) is 106 Å². The smallest absolute Gasteiger partial charge is 0.163 e. The summed E-state index contributed by atoms with van der Waals surface area (Å²) in [5.41, 5.74) is 1.01. The van der Waals surface area contributed by atoms with Crippen molar-refractivity contribution in [2.75, 3.05) is 0 Å². The van der Waals surface area contributed by atoms with Gasteiger partial charge in [-0.2, -0.15) is 0 Å². The Morgan fingerprint density at radius 2 is 1.26 bits per heavy atom. The first-order valence-electron chi connectivity index (χ1n) is 11.6. The minimum absolute atomic E-state index is 0.125. The molecule has 0 radical (unpaired) electrons. The van der Waals surface area contributed by atoms with Crippen LogP contribution in [0.4, 0.5) is 4.39 Å². The lowest BCUT2D eigenvalue weighted by Crippen LogP contribution is -2.24. The molecule has 3 rings (SSSR count). The van der Waals surface area contributed by atoms with Crippen LogP contribution < -0.4 is 0 Å². The van der Waals surface area contributed by atoms with Crippen LogP contribution >= 0.6 is 0 Å². The van der Waals surface area contributed by atoms with Gasteiger partial charge < -0.3 is 5.11 Å². The molecule has 3 aliphatic carbocycles. The second kappa shape index (κ2) is 12.6. The molecular formula is C25H45FO. The highest BCUT2D eigenvalue weighted by Crippen LogP contribution is 2.40. The number of rotatable bonds is 2. The number of halogens is 1. The fourth-order valence-corrected chi connectivity index (χ4v) is 4.91. The van der Waals surface area contributed by atoms with Crippen molar-refractivity contribution in [1.82, 2.24) is 0 Å². The maximum Gasteiger partial charge on any atom is 0.163 e. The van der Waals surface area contributed by atoms with Crippen LogP contribution in [-0.2, 0) is 0 Å². The number of hydrogen-bond donors (Lipinski definition) is 1. The third-order valence-corrected chi connectivity index (χ3v) is 6.97. The van der Waals surface area contributed by atoms with E-state index in [-0.39, 0.29) is 11.7 Å². The van der Waals surface area contributed by atoms with Crippen molar-refractivity contribution in [3.63, 3.8) is 0 Å². The molecule has 0 aromatic carbocycles. The standard InChI is InChI=1S/C14H26.C9H13FO.C2H6/c1-11-3-7-13(8-4-11)14-9-5-12(2)6-10-14;1-3-7-6(2)4-5-8(11)9(7)10;1-2/h11-14H,3-10H2,1-2H3;4-5,7,9,11H,3H2,1-2H3;1-2H3. The molecule has 0 aromatic rings. The summed E-state index contributed by atoms with van der Waals surface area (Å²) in [5.74, 6) is 4.00. The summed E-state index contributed by atoms with van der Waals surface area (Å²) in [6.07, 6.45) is 15.0. The van der Waals surface area contributed by atoms with Crippen LogP contribution in [0.1, 0.15) is 99.3 Å². The van der Waals surface area contributed by atoms with Crippen LogP contribution in [0.5, 0.6) is 0 Å². The molecule has 3 aliphatic rings. The van der Waals surface area contributed by atoms with E-state index >= 15 is 0 Å². The summed E-state index contributed by atoms with van der Waals surface area (Å²) in [6.45, 7) is 12.7. The van der Waals surface area contributed by atoms with E-state index < -0.39 is 6.17 Å². The minimum atomic E-state index is -1.19. The van der Waals surface area contributed by atoms with Gasteiger partial charge in [0, 0.05) is 5.92 Å². The fraction of sp³-hybridized carbons (Fsp3) is 0.840. The Morgan fingerprint density at radius 3 is 1.59 bits per heavy atom. The first-order chi connectivity index (χ1) is 12.9. The molecule has 1 nitrogen and oxygen atoms in total. The molecule has 0 heterocycles. The Labute approximate surface area is 168 Å². The second-order valence-corrected chi connectivity index (χ2v) is 8.96. The summed E-state index contributed by atoms with van der Waals surface area (Å²) in [5, 5.41) is 9.04. The summed E-state index contributed by atoms with van der Waals surface area (Å²) < 4.78 is 13.1. The number of aliphatic hydroxyl groups excluding tert-OH is 1. The first-order valence-corrected chi connectivity index (χ1v) is 11.6. The van der Waals surface area contributed by atoms with Crippen molar-refractivity contribution < 1.29 is 9.50 Å². The number of aliphatic hydroxyl groups is 1. The molecule has 0 aliphatic heterocycles. The van der Waals surface area contributed by atoms with E-state index in [4.69, 9.17) is 5.11 Å². The van der Waals surface area contributed by atoms with E-state index in [0.29, 0.717) is 0 Å². The maximum atomic E-state index is 13.1. The quantitative estimate of drug-likeness (QED) is 0.509. The lowest BCUT2D eigenvalue weighted by atomic mass is 9.70. The molecule has 2 heteroatoms. The van der Waals surface area contributed by atoms with Crippen LogP contribution in [0.15, 0.2) is 23.5 Å². The lowest BCUT2D eigenvalue weighted by Gasteiger charge is -2.36. The fourth-order valence-electron chi connectivity index (χ4n) is 4.91. The molecule has 2 atom stereocenters. The van der Waals surface area contributed by atoms with Gasteiger partial charge in [0.2, 0.25) is 0 Å². The van der Waals surface area contributed by atoms with Crippen molar-refractivity contribution in [2.24, 2.45) is 29.6 Å². The van der Waals surface area contributed by atoms with E-state index in [0.717, 1.165) is 35.7 Å². The predicted octanol–water partition coefficient (Wildman–Crippen LogP) is 8.42. The monoisotopic (exact) mass is 380 g/mol. The number of alkyl halides is 1. The van der Waals surface area contributed by atoms with Gasteiger partial charge >= 0.3 is 0 Å². The topological polar surface area (TPSA) is 20.2 Å². The highest BCUT2D eigenvalue weighted by atomic mass is 19.1. The Morgan fingerprint density at radius 1 is 0.852 bits per heavy atom. The van der Waals surface area contributed by atoms with Crippen molar-refractivity contribution in [3.8, 4) is 0 Å². The van der Waals surface area contributed by atoms with E-state index in [1.807, 2.05) is 27.7 Å². The summed E-state index contributed by atoms with van der Waals surface area (Å²) >= 11 is 0. The normalized spacial score (nSPS) is 36.3. The summed E-state index contributed by atoms with van der Waals surface area (Å²) in [6, 6.07) is 0. The minimum Gasteiger partial charge on any atom is -0.509 e. The summed E-state index contributed by atoms with van der Waals surface area (Å²) in [7, 11) is 0. The van der Waals surface area contributed by atoms with Crippen molar-refractivity contribution in [3.05, 3.63) is 23.5 Å². The third kappa shape index (κ3) is 7.62. The Balaban J connectivity index is 0.000000254. The molecule has 0 spiro atoms. The van der Waals surface area contributed by atoms with Crippen molar-refractivity contribution >= 4 is 0 Å². The summed E-state index contributed by atoms with van der Waals surface area (Å²) in [4.78, 5) is 0. The molecule has 27 heavy (non-hydrogen) atoms. The van der Waals surface area contributed by atoms with Gasteiger partial charge in [-0.15, -0.1) is 0 Å². The average Bonchev–Trinajstić information content (AvgIpc) is 2.69. The molecule has 2 fully saturated rings. The van der Waals surface area contributed by atoms with Gasteiger partial charge in [-0.3, -0.25) is 0 Å². The zero-order valence-electron chi connectivity index (χ0n) is 18.8. The van der Waals surface area contributed by atoms with Gasteiger partial charge in [0.25, 0.3) is 0 Å². The van der Waals surface area contributed by atoms with Crippen LogP contribution in [-0.4, -0.2) is 11.3 Å². The Bertz CT molecular complexity index is 431. The zero-order chi connectivity index (χ0) is 20.4. The maximum absolute atomic E-state index is 13.1. The largest absolute Gasteiger partial charge is 0.509 e. The number of hydrogen-bond acceptors (Lipinski definition) is 1. The SMILES string of the molecule is CC.CC1CCC(C2CCC(C)CC2)CC1.CCC1C(C)=CC=C(O)C1F. The second-order valence-electron chi connectivity index (χ2n) is 8.96. The zero-order valence-corrected chi connectivity index (χ0v) is 18.8. The molecule has 0 saturated heterocycles. The molecule has 0 amide bonds. The van der Waals surface area contributed by atoms with Crippen LogP contribution in [0, 0.1) is 29.6 Å². The molecular weight excluding hydrogens is 335 g/mol. The van der Waals surface area contributed by atoms with Gasteiger partial charge in [0.05, 0.1) is 0 Å². The van der Waals surface area contributed by atoms with Gasteiger partial charge in [0.1, 0.15) is 5.76 Å². The third-order valence-electron chi connectivity index (χ3n) is 6.97. The first kappa shape index (κ1) is 24.2. The predicted molar refractivity (Wildman–Crippen MR) is 117 cm³/mol. The van der Waals surface area contributed by atoms with Crippen LogP contribution in [0.25, 0.3) is 0 Å². The van der Waals surface area contributed by atoms with Gasteiger partial charge in [0.15, 0.2) is 6.17 Å². The molecule has 1 N–H and O–H groups in total.